The smallest absolute Gasteiger partial charge is 0.211 e. The van der Waals surface area contributed by atoms with Gasteiger partial charge in [-0.05, 0) is 25.1 Å². The summed E-state index contributed by atoms with van der Waals surface area (Å²) in [6.45, 7) is 2.24. The molecular formula is C12H14FN3O2. The van der Waals surface area contributed by atoms with Crippen molar-refractivity contribution in [3.8, 4) is 0 Å². The van der Waals surface area contributed by atoms with Crippen molar-refractivity contribution in [1.29, 1.82) is 0 Å². The number of hydrogen-bond acceptors (Lipinski definition) is 4. The van der Waals surface area contributed by atoms with E-state index in [1.54, 1.807) is 6.92 Å². The van der Waals surface area contributed by atoms with Crippen LogP contribution in [0.3, 0.4) is 0 Å². The van der Waals surface area contributed by atoms with Crippen LogP contribution in [0.2, 0.25) is 0 Å². The van der Waals surface area contributed by atoms with Crippen LogP contribution in [-0.2, 0) is 15.1 Å². The molecule has 0 fully saturated rings. The predicted molar refractivity (Wildman–Crippen MR) is 65.9 cm³/mol. The third-order valence-electron chi connectivity index (χ3n) is 2.80. The summed E-state index contributed by atoms with van der Waals surface area (Å²) in [5.41, 5.74) is 5.60. The molecule has 1 aliphatic rings. The van der Waals surface area contributed by atoms with Gasteiger partial charge in [0.2, 0.25) is 6.41 Å². The molecule has 18 heavy (non-hydrogen) atoms. The van der Waals surface area contributed by atoms with Crippen LogP contribution in [0.4, 0.5) is 10.1 Å². The first kappa shape index (κ1) is 12.5. The quantitative estimate of drug-likeness (QED) is 0.787. The van der Waals surface area contributed by atoms with E-state index in [0.29, 0.717) is 23.5 Å². The largest absolute Gasteiger partial charge is 0.386 e. The molecule has 5 nitrogen and oxygen atoms in total. The number of nitrogens with one attached hydrogen (secondary N) is 1. The average molecular weight is 251 g/mol. The lowest BCUT2D eigenvalue weighted by Gasteiger charge is -2.30. The minimum Gasteiger partial charge on any atom is -0.386 e. The SMILES string of the molecule is CC1(c2cc(NC=O)ccc2F)COCC(N)=N1. The number of amides is 1. The molecule has 1 amide bonds. The number of anilines is 1. The zero-order chi connectivity index (χ0) is 13.2. The minimum absolute atomic E-state index is 0.245. The summed E-state index contributed by atoms with van der Waals surface area (Å²) in [5.74, 6) is -0.0760. The van der Waals surface area contributed by atoms with Crippen molar-refractivity contribution in [2.75, 3.05) is 18.5 Å². The van der Waals surface area contributed by atoms with Crippen LogP contribution in [0.15, 0.2) is 23.2 Å². The van der Waals surface area contributed by atoms with Crippen LogP contribution >= 0.6 is 0 Å². The number of hydrogen-bond donors (Lipinski definition) is 2. The van der Waals surface area contributed by atoms with E-state index in [9.17, 15) is 9.18 Å². The molecule has 0 spiro atoms. The number of nitrogens with zero attached hydrogens (tertiary/aromatic N) is 1. The van der Waals surface area contributed by atoms with Gasteiger partial charge >= 0.3 is 0 Å². The molecule has 0 aromatic heterocycles. The number of aliphatic imine (C=N–C) groups is 1. The number of halogens is 1. The zero-order valence-electron chi connectivity index (χ0n) is 9.94. The number of amidine groups is 1. The molecule has 3 N–H and O–H groups in total. The fourth-order valence-electron chi connectivity index (χ4n) is 1.97. The van der Waals surface area contributed by atoms with Gasteiger partial charge in [0.15, 0.2) is 0 Å². The lowest BCUT2D eigenvalue weighted by molar-refractivity contribution is -0.105. The van der Waals surface area contributed by atoms with Crippen molar-refractivity contribution in [2.24, 2.45) is 10.7 Å². The predicted octanol–water partition coefficient (Wildman–Crippen LogP) is 0.997. The van der Waals surface area contributed by atoms with E-state index in [-0.39, 0.29) is 13.2 Å². The normalized spacial score (nSPS) is 23.3. The Balaban J connectivity index is 2.45. The van der Waals surface area contributed by atoms with Gasteiger partial charge in [-0.1, -0.05) is 0 Å². The maximum atomic E-state index is 13.9. The van der Waals surface area contributed by atoms with Gasteiger partial charge in [0.25, 0.3) is 0 Å². The Bertz CT molecular complexity index is 504. The first-order valence-corrected chi connectivity index (χ1v) is 5.47. The molecule has 1 unspecified atom stereocenters. The Labute approximate surface area is 104 Å². The van der Waals surface area contributed by atoms with Gasteiger partial charge in [-0.15, -0.1) is 0 Å². The Morgan fingerprint density at radius 3 is 3.06 bits per heavy atom. The van der Waals surface area contributed by atoms with Gasteiger partial charge in [-0.2, -0.15) is 0 Å². The third-order valence-corrected chi connectivity index (χ3v) is 2.80. The van der Waals surface area contributed by atoms with Crippen molar-refractivity contribution < 1.29 is 13.9 Å². The highest BCUT2D eigenvalue weighted by molar-refractivity contribution is 5.82. The molecule has 1 aromatic carbocycles. The van der Waals surface area contributed by atoms with Gasteiger partial charge in [0, 0.05) is 11.3 Å². The van der Waals surface area contributed by atoms with Gasteiger partial charge in [0.05, 0.1) is 6.61 Å². The van der Waals surface area contributed by atoms with E-state index in [1.807, 2.05) is 0 Å². The van der Waals surface area contributed by atoms with Crippen molar-refractivity contribution >= 4 is 17.9 Å². The number of ether oxygens (including phenoxy) is 1. The molecule has 0 bridgehead atoms. The van der Waals surface area contributed by atoms with Gasteiger partial charge in [-0.25, -0.2) is 4.39 Å². The highest BCUT2D eigenvalue weighted by Crippen LogP contribution is 2.31. The van der Waals surface area contributed by atoms with Crippen molar-refractivity contribution in [3.63, 3.8) is 0 Å². The summed E-state index contributed by atoms with van der Waals surface area (Å²) in [4.78, 5) is 14.7. The summed E-state index contributed by atoms with van der Waals surface area (Å²) < 4.78 is 19.2. The van der Waals surface area contributed by atoms with E-state index in [0.717, 1.165) is 0 Å². The number of benzene rings is 1. The second-order valence-corrected chi connectivity index (χ2v) is 4.33. The highest BCUT2D eigenvalue weighted by Gasteiger charge is 2.32. The van der Waals surface area contributed by atoms with Crippen molar-refractivity contribution in [1.82, 2.24) is 0 Å². The third kappa shape index (κ3) is 2.33. The maximum Gasteiger partial charge on any atom is 0.211 e. The summed E-state index contributed by atoms with van der Waals surface area (Å²) >= 11 is 0. The van der Waals surface area contributed by atoms with Crippen LogP contribution in [0.25, 0.3) is 0 Å². The summed E-state index contributed by atoms with van der Waals surface area (Å²) in [6, 6.07) is 4.30. The topological polar surface area (TPSA) is 76.7 Å². The van der Waals surface area contributed by atoms with E-state index >= 15 is 0 Å². The van der Waals surface area contributed by atoms with Gasteiger partial charge in [-0.3, -0.25) is 9.79 Å². The molecule has 1 aromatic rings. The summed E-state index contributed by atoms with van der Waals surface area (Å²) in [5, 5.41) is 2.47. The lowest BCUT2D eigenvalue weighted by atomic mass is 9.92. The Morgan fingerprint density at radius 2 is 2.39 bits per heavy atom. The first-order chi connectivity index (χ1) is 8.55. The monoisotopic (exact) mass is 251 g/mol. The second kappa shape index (κ2) is 4.73. The average Bonchev–Trinajstić information content (AvgIpc) is 2.31. The van der Waals surface area contributed by atoms with Crippen molar-refractivity contribution in [3.05, 3.63) is 29.6 Å². The molecule has 1 atom stereocenters. The molecular weight excluding hydrogens is 237 g/mol. The van der Waals surface area contributed by atoms with E-state index in [2.05, 4.69) is 10.3 Å². The number of carbonyl (C=O) groups excluding carboxylic acids is 1. The molecule has 1 heterocycles. The van der Waals surface area contributed by atoms with E-state index in [4.69, 9.17) is 10.5 Å². The zero-order valence-corrected chi connectivity index (χ0v) is 9.94. The number of rotatable bonds is 3. The fourth-order valence-corrected chi connectivity index (χ4v) is 1.97. The maximum absolute atomic E-state index is 13.9. The molecule has 0 saturated carbocycles. The first-order valence-electron chi connectivity index (χ1n) is 5.47. The Kier molecular flexibility index (Phi) is 3.29. The van der Waals surface area contributed by atoms with Crippen LogP contribution in [0.1, 0.15) is 12.5 Å². The minimum atomic E-state index is -0.868. The van der Waals surface area contributed by atoms with Crippen LogP contribution in [0, 0.1) is 5.82 Å². The van der Waals surface area contributed by atoms with E-state index in [1.165, 1.54) is 18.2 Å². The Morgan fingerprint density at radius 1 is 1.61 bits per heavy atom. The fraction of sp³-hybridized carbons (Fsp3) is 0.333. The number of nitrogens with two attached hydrogens (primary N) is 1. The van der Waals surface area contributed by atoms with Gasteiger partial charge < -0.3 is 15.8 Å². The summed E-state index contributed by atoms with van der Waals surface area (Å²) in [6.07, 6.45) is 0.536. The van der Waals surface area contributed by atoms with Crippen LogP contribution in [-0.4, -0.2) is 25.5 Å². The Hall–Kier alpha value is -1.95. The molecule has 2 rings (SSSR count). The van der Waals surface area contributed by atoms with Gasteiger partial charge in [0.1, 0.15) is 23.8 Å². The highest BCUT2D eigenvalue weighted by atomic mass is 19.1. The lowest BCUT2D eigenvalue weighted by Crippen LogP contribution is -2.38. The van der Waals surface area contributed by atoms with Crippen LogP contribution in [0.5, 0.6) is 0 Å². The van der Waals surface area contributed by atoms with Crippen LogP contribution < -0.4 is 11.1 Å². The molecule has 6 heteroatoms. The van der Waals surface area contributed by atoms with Crippen molar-refractivity contribution in [2.45, 2.75) is 12.5 Å². The molecule has 0 radical (unpaired) electrons. The molecule has 1 aliphatic heterocycles. The summed E-state index contributed by atoms with van der Waals surface area (Å²) in [7, 11) is 0. The van der Waals surface area contributed by atoms with E-state index < -0.39 is 11.4 Å². The molecule has 96 valence electrons. The molecule has 0 saturated heterocycles. The number of carbonyl (C=O) groups is 1. The standard InChI is InChI=1S/C12H14FN3O2/c1-12(6-18-5-11(14)16-12)9-4-8(15-7-17)2-3-10(9)13/h2-4,7H,5-6H2,1H3,(H2,14,16)(H,15,17). The molecule has 0 aliphatic carbocycles. The second-order valence-electron chi connectivity index (χ2n) is 4.33.